The van der Waals surface area contributed by atoms with Gasteiger partial charge in [0.1, 0.15) is 21.0 Å². The lowest BCUT2D eigenvalue weighted by Crippen LogP contribution is -1.65. The van der Waals surface area contributed by atoms with E-state index in [1.165, 1.54) is 0 Å². The molecule has 0 aliphatic carbocycles. The quantitative estimate of drug-likeness (QED) is 0.364. The molecule has 0 aliphatic heterocycles. The summed E-state index contributed by atoms with van der Waals surface area (Å²) in [5.74, 6) is 0. The largest absolute Gasteiger partial charge is 0.471 e. The molecule has 0 aromatic heterocycles. The van der Waals surface area contributed by atoms with Crippen LogP contribution >= 0.6 is 0 Å². The lowest BCUT2D eigenvalue weighted by atomic mass is 10.9. The van der Waals surface area contributed by atoms with Crippen LogP contribution in [0.15, 0.2) is 0 Å². The smallest absolute Gasteiger partial charge is 0.129 e. The number of aliphatic hydroxyl groups is 1. The fourth-order valence-electron chi connectivity index (χ4n) is 0. The van der Waals surface area contributed by atoms with E-state index >= 15 is 0 Å². The first-order valence-corrected chi connectivity index (χ1v) is 3.47. The van der Waals surface area contributed by atoms with Gasteiger partial charge in [0.25, 0.3) is 0 Å². The fraction of sp³-hybridized carbons (Fsp3) is 1.00. The standard InChI is InChI=1S/C2H6O.H6OSi2/c1-2-3;2-1-3/h3H,2H2,1H3;2-3H3. The third-order valence-corrected chi connectivity index (χ3v) is 0. The lowest BCUT2D eigenvalue weighted by Gasteiger charge is -1.62. The molecule has 0 saturated carbocycles. The highest BCUT2D eigenvalue weighted by Crippen LogP contribution is 1.30. The van der Waals surface area contributed by atoms with Crippen molar-refractivity contribution in [3.63, 3.8) is 0 Å². The predicted octanol–water partition coefficient (Wildman–Crippen LogP) is -2.44. The van der Waals surface area contributed by atoms with Crippen LogP contribution in [0, 0.1) is 0 Å². The van der Waals surface area contributed by atoms with Gasteiger partial charge in [0.2, 0.25) is 0 Å². The maximum atomic E-state index is 7.57. The molecule has 0 fully saturated rings. The van der Waals surface area contributed by atoms with Gasteiger partial charge in [-0.05, 0) is 6.92 Å². The van der Waals surface area contributed by atoms with Crippen LogP contribution in [0.3, 0.4) is 0 Å². The molecule has 0 bridgehead atoms. The second-order valence-electron chi connectivity index (χ2n) is 0.724. The minimum Gasteiger partial charge on any atom is -0.471 e. The van der Waals surface area contributed by atoms with E-state index < -0.39 is 0 Å². The second-order valence-corrected chi connectivity index (χ2v) is 3.99. The molecule has 0 rings (SSSR count). The summed E-state index contributed by atoms with van der Waals surface area (Å²) < 4.78 is 4.53. The van der Waals surface area contributed by atoms with E-state index in [1.54, 1.807) is 6.92 Å². The highest BCUT2D eigenvalue weighted by molar-refractivity contribution is 6.15. The van der Waals surface area contributed by atoms with Crippen molar-refractivity contribution in [2.75, 3.05) is 6.61 Å². The van der Waals surface area contributed by atoms with E-state index in [2.05, 4.69) is 4.12 Å². The average molecular weight is 124 g/mol. The zero-order valence-corrected chi connectivity index (χ0v) is 8.56. The molecule has 0 aromatic carbocycles. The van der Waals surface area contributed by atoms with Gasteiger partial charge in [-0.1, -0.05) is 0 Å². The molecule has 0 saturated heterocycles. The van der Waals surface area contributed by atoms with E-state index in [9.17, 15) is 0 Å². The van der Waals surface area contributed by atoms with Crippen LogP contribution in [-0.2, 0) is 4.12 Å². The Hall–Kier alpha value is 0.354. The van der Waals surface area contributed by atoms with Gasteiger partial charge in [0.15, 0.2) is 0 Å². The fourth-order valence-corrected chi connectivity index (χ4v) is 0. The zero-order valence-electron chi connectivity index (χ0n) is 4.56. The number of aliphatic hydroxyl groups excluding tert-OH is 1. The Labute approximate surface area is 44.6 Å². The molecule has 0 spiro atoms. The van der Waals surface area contributed by atoms with Gasteiger partial charge in [0.05, 0.1) is 0 Å². The van der Waals surface area contributed by atoms with Gasteiger partial charge < -0.3 is 9.22 Å². The first-order chi connectivity index (χ1) is 2.83. The van der Waals surface area contributed by atoms with Crippen molar-refractivity contribution in [3.05, 3.63) is 0 Å². The van der Waals surface area contributed by atoms with Gasteiger partial charge in [-0.25, -0.2) is 0 Å². The van der Waals surface area contributed by atoms with Gasteiger partial charge in [0, 0.05) is 6.61 Å². The van der Waals surface area contributed by atoms with Crippen LogP contribution in [0.2, 0.25) is 0 Å². The molecule has 0 amide bonds. The molecule has 0 atom stereocenters. The van der Waals surface area contributed by atoms with E-state index in [0.717, 1.165) is 21.0 Å². The summed E-state index contributed by atoms with van der Waals surface area (Å²) in [7, 11) is 1.86. The van der Waals surface area contributed by atoms with Gasteiger partial charge >= 0.3 is 0 Å². The maximum absolute atomic E-state index is 7.57. The highest BCUT2D eigenvalue weighted by atomic mass is 28.3. The molecule has 2 nitrogen and oxygen atoms in total. The lowest BCUT2D eigenvalue weighted by molar-refractivity contribution is 0.318. The van der Waals surface area contributed by atoms with Gasteiger partial charge in [-0.3, -0.25) is 0 Å². The van der Waals surface area contributed by atoms with E-state index in [1.807, 2.05) is 0 Å². The molecule has 0 aromatic rings. The van der Waals surface area contributed by atoms with E-state index in [0.29, 0.717) is 0 Å². The molecule has 0 unspecified atom stereocenters. The van der Waals surface area contributed by atoms with Gasteiger partial charge in [-0.2, -0.15) is 0 Å². The number of rotatable bonds is 0. The predicted molar refractivity (Wildman–Crippen MR) is 33.7 cm³/mol. The molecule has 6 heavy (non-hydrogen) atoms. The Kier molecular flexibility index (Phi) is 29.3. The van der Waals surface area contributed by atoms with Crippen molar-refractivity contribution < 1.29 is 9.22 Å². The topological polar surface area (TPSA) is 29.5 Å². The Morgan fingerprint density at radius 3 is 1.67 bits per heavy atom. The second kappa shape index (κ2) is 18.3. The minimum absolute atomic E-state index is 0.250. The first-order valence-electron chi connectivity index (χ1n) is 1.84. The molecule has 1 N–H and O–H groups in total. The highest BCUT2D eigenvalue weighted by Gasteiger charge is 1.34. The van der Waals surface area contributed by atoms with Crippen LogP contribution in [0.1, 0.15) is 6.92 Å². The number of hydrogen-bond donors (Lipinski definition) is 1. The third kappa shape index (κ3) is 391. The van der Waals surface area contributed by atoms with Crippen molar-refractivity contribution in [1.82, 2.24) is 0 Å². The first kappa shape index (κ1) is 9.61. The molecule has 0 aliphatic rings. The summed E-state index contributed by atoms with van der Waals surface area (Å²) in [6.45, 7) is 1.93. The normalized spacial score (nSPS) is 7.00. The summed E-state index contributed by atoms with van der Waals surface area (Å²) >= 11 is 0. The Bertz CT molecular complexity index is 11.5. The summed E-state index contributed by atoms with van der Waals surface area (Å²) in [5.41, 5.74) is 0. The van der Waals surface area contributed by atoms with E-state index in [-0.39, 0.29) is 6.61 Å². The van der Waals surface area contributed by atoms with Crippen molar-refractivity contribution in [3.8, 4) is 0 Å². The van der Waals surface area contributed by atoms with Crippen molar-refractivity contribution in [1.29, 1.82) is 0 Å². The maximum Gasteiger partial charge on any atom is 0.129 e. The molecule has 0 heterocycles. The summed E-state index contributed by atoms with van der Waals surface area (Å²) in [6.07, 6.45) is 0. The van der Waals surface area contributed by atoms with Crippen LogP contribution in [0.5, 0.6) is 0 Å². The summed E-state index contributed by atoms with van der Waals surface area (Å²) in [4.78, 5) is 0. The molecular weight excluding hydrogens is 112 g/mol. The third-order valence-electron chi connectivity index (χ3n) is 0. The Morgan fingerprint density at radius 2 is 1.67 bits per heavy atom. The van der Waals surface area contributed by atoms with Crippen LogP contribution in [-0.4, -0.2) is 32.7 Å². The van der Waals surface area contributed by atoms with E-state index in [4.69, 9.17) is 5.11 Å². The van der Waals surface area contributed by atoms with Gasteiger partial charge in [-0.15, -0.1) is 0 Å². The zero-order chi connectivity index (χ0) is 5.41. The monoisotopic (exact) mass is 124 g/mol. The molecule has 40 valence electrons. The summed E-state index contributed by atoms with van der Waals surface area (Å²) in [5, 5.41) is 7.57. The SMILES string of the molecule is CCO.[SiH3]O[SiH3]. The molecule has 0 radical (unpaired) electrons. The van der Waals surface area contributed by atoms with Crippen LogP contribution < -0.4 is 0 Å². The van der Waals surface area contributed by atoms with Crippen LogP contribution in [0.4, 0.5) is 0 Å². The molecule has 4 heteroatoms. The van der Waals surface area contributed by atoms with Crippen molar-refractivity contribution >= 4 is 21.0 Å². The van der Waals surface area contributed by atoms with Crippen molar-refractivity contribution in [2.45, 2.75) is 6.92 Å². The Morgan fingerprint density at radius 1 is 1.67 bits per heavy atom. The minimum atomic E-state index is 0.250. The molecular formula is C2H12O2Si2. The average Bonchev–Trinajstić information content (AvgIpc) is 1.39. The Balaban J connectivity index is 0. The van der Waals surface area contributed by atoms with Crippen molar-refractivity contribution in [2.24, 2.45) is 0 Å². The summed E-state index contributed by atoms with van der Waals surface area (Å²) in [6, 6.07) is 0. The number of hydrogen-bond acceptors (Lipinski definition) is 2. The van der Waals surface area contributed by atoms with Crippen LogP contribution in [0.25, 0.3) is 0 Å².